The molecular weight excluding hydrogens is 251 g/mol. The molecule has 0 aliphatic heterocycles. The predicted octanol–water partition coefficient (Wildman–Crippen LogP) is 2.50. The molecule has 0 aliphatic carbocycles. The normalized spacial score (nSPS) is 12.9. The third kappa shape index (κ3) is 3.67. The van der Waals surface area contributed by atoms with Crippen molar-refractivity contribution in [1.29, 1.82) is 0 Å². The van der Waals surface area contributed by atoms with Crippen LogP contribution in [-0.4, -0.2) is 24.8 Å². The van der Waals surface area contributed by atoms with Crippen LogP contribution < -0.4 is 4.74 Å². The van der Waals surface area contributed by atoms with Crippen LogP contribution in [0.5, 0.6) is 5.75 Å². The zero-order valence-electron chi connectivity index (χ0n) is 11.6. The number of aliphatic hydroxyl groups is 1. The molecule has 0 radical (unpaired) electrons. The summed E-state index contributed by atoms with van der Waals surface area (Å²) in [6.45, 7) is 4.60. The summed E-state index contributed by atoms with van der Waals surface area (Å²) in [6, 6.07) is 4.50. The van der Waals surface area contributed by atoms with Crippen LogP contribution in [0.4, 0.5) is 4.39 Å². The molecule has 0 bridgehead atoms. The molecule has 19 heavy (non-hydrogen) atoms. The first-order valence-electron chi connectivity index (χ1n) is 6.03. The van der Waals surface area contributed by atoms with E-state index in [1.165, 1.54) is 33.1 Å². The predicted molar refractivity (Wildman–Crippen MR) is 68.7 cm³/mol. The first kappa shape index (κ1) is 15.4. The van der Waals surface area contributed by atoms with Gasteiger partial charge in [0.2, 0.25) is 0 Å². The number of ether oxygens (including phenoxy) is 2. The van der Waals surface area contributed by atoms with Gasteiger partial charge in [0.15, 0.2) is 6.10 Å². The van der Waals surface area contributed by atoms with Crippen molar-refractivity contribution in [2.24, 2.45) is 0 Å². The van der Waals surface area contributed by atoms with Crippen molar-refractivity contribution in [3.8, 4) is 5.75 Å². The lowest BCUT2D eigenvalue weighted by atomic mass is 9.95. The van der Waals surface area contributed by atoms with Crippen LogP contribution in [0.1, 0.15) is 38.0 Å². The van der Waals surface area contributed by atoms with Gasteiger partial charge in [-0.05, 0) is 38.5 Å². The van der Waals surface area contributed by atoms with E-state index in [0.717, 1.165) is 0 Å². The number of esters is 1. The van der Waals surface area contributed by atoms with Gasteiger partial charge in [-0.1, -0.05) is 6.07 Å². The van der Waals surface area contributed by atoms with Crippen LogP contribution in [0.2, 0.25) is 0 Å². The van der Waals surface area contributed by atoms with Gasteiger partial charge < -0.3 is 14.6 Å². The zero-order chi connectivity index (χ0) is 14.6. The molecule has 1 rings (SSSR count). The highest BCUT2D eigenvalue weighted by atomic mass is 19.1. The highest BCUT2D eigenvalue weighted by Crippen LogP contribution is 2.32. The Morgan fingerprint density at radius 3 is 2.58 bits per heavy atom. The molecule has 0 heterocycles. The Kier molecular flexibility index (Phi) is 4.89. The van der Waals surface area contributed by atoms with Crippen LogP contribution in [0.15, 0.2) is 18.2 Å². The van der Waals surface area contributed by atoms with Gasteiger partial charge in [-0.2, -0.15) is 0 Å². The highest BCUT2D eigenvalue weighted by molar-refractivity contribution is 5.77. The lowest BCUT2D eigenvalue weighted by molar-refractivity contribution is -0.153. The number of halogens is 1. The fourth-order valence-corrected chi connectivity index (χ4v) is 1.67. The third-order valence-electron chi connectivity index (χ3n) is 2.72. The number of hydrogen-bond donors (Lipinski definition) is 1. The molecule has 5 heteroatoms. The highest BCUT2D eigenvalue weighted by Gasteiger charge is 2.26. The molecule has 4 nitrogen and oxygen atoms in total. The van der Waals surface area contributed by atoms with Gasteiger partial charge in [0.25, 0.3) is 0 Å². The number of carbonyl (C=O) groups excluding carboxylic acids is 1. The summed E-state index contributed by atoms with van der Waals surface area (Å²) < 4.78 is 23.7. The van der Waals surface area contributed by atoms with E-state index in [9.17, 15) is 14.3 Å². The quantitative estimate of drug-likeness (QED) is 0.835. The van der Waals surface area contributed by atoms with Crippen molar-refractivity contribution < 1.29 is 23.8 Å². The Labute approximate surface area is 112 Å². The van der Waals surface area contributed by atoms with Crippen LogP contribution in [0, 0.1) is 0 Å². The Morgan fingerprint density at radius 1 is 1.47 bits per heavy atom. The Hall–Kier alpha value is -1.62. The second-order valence-corrected chi connectivity index (χ2v) is 4.58. The molecule has 0 saturated heterocycles. The SMILES string of the molecule is CCOC(=O)C(O)c1cc(C(C)(C)F)ccc1OC. The van der Waals surface area contributed by atoms with Crippen molar-refractivity contribution >= 4 is 5.97 Å². The van der Waals surface area contributed by atoms with Crippen LogP contribution in [0.3, 0.4) is 0 Å². The molecule has 0 saturated carbocycles. The van der Waals surface area contributed by atoms with Crippen molar-refractivity contribution in [3.05, 3.63) is 29.3 Å². The molecule has 1 unspecified atom stereocenters. The second-order valence-electron chi connectivity index (χ2n) is 4.58. The van der Waals surface area contributed by atoms with Gasteiger partial charge >= 0.3 is 5.97 Å². The molecule has 0 fully saturated rings. The molecule has 0 aliphatic rings. The smallest absolute Gasteiger partial charge is 0.339 e. The van der Waals surface area contributed by atoms with Gasteiger partial charge in [0.05, 0.1) is 13.7 Å². The molecule has 1 aromatic rings. The number of alkyl halides is 1. The van der Waals surface area contributed by atoms with Gasteiger partial charge in [-0.3, -0.25) is 0 Å². The average Bonchev–Trinajstić information content (AvgIpc) is 2.36. The summed E-state index contributed by atoms with van der Waals surface area (Å²) >= 11 is 0. The van der Waals surface area contributed by atoms with Gasteiger partial charge in [0.1, 0.15) is 11.4 Å². The monoisotopic (exact) mass is 270 g/mol. The fourth-order valence-electron chi connectivity index (χ4n) is 1.67. The summed E-state index contributed by atoms with van der Waals surface area (Å²) in [5, 5.41) is 9.95. The van der Waals surface area contributed by atoms with E-state index in [1.807, 2.05) is 0 Å². The number of benzene rings is 1. The minimum absolute atomic E-state index is 0.159. The number of carbonyl (C=O) groups is 1. The molecule has 1 aromatic carbocycles. The maximum Gasteiger partial charge on any atom is 0.339 e. The van der Waals surface area contributed by atoms with Gasteiger partial charge in [-0.25, -0.2) is 9.18 Å². The van der Waals surface area contributed by atoms with Crippen molar-refractivity contribution in [2.75, 3.05) is 13.7 Å². The summed E-state index contributed by atoms with van der Waals surface area (Å²) in [7, 11) is 1.41. The number of methoxy groups -OCH3 is 1. The number of aliphatic hydroxyl groups excluding tert-OH is 1. The van der Waals surface area contributed by atoms with Crippen molar-refractivity contribution in [3.63, 3.8) is 0 Å². The van der Waals surface area contributed by atoms with E-state index in [1.54, 1.807) is 13.0 Å². The molecule has 1 N–H and O–H groups in total. The lowest BCUT2D eigenvalue weighted by Crippen LogP contribution is -2.18. The van der Waals surface area contributed by atoms with Crippen LogP contribution in [0.25, 0.3) is 0 Å². The molecule has 1 atom stereocenters. The van der Waals surface area contributed by atoms with E-state index in [0.29, 0.717) is 11.3 Å². The summed E-state index contributed by atoms with van der Waals surface area (Å²) in [4.78, 5) is 11.6. The van der Waals surface area contributed by atoms with E-state index in [2.05, 4.69) is 0 Å². The van der Waals surface area contributed by atoms with E-state index >= 15 is 0 Å². The number of rotatable bonds is 5. The Morgan fingerprint density at radius 2 is 2.11 bits per heavy atom. The molecular formula is C14H19FO4. The summed E-state index contributed by atoms with van der Waals surface area (Å²) in [6.07, 6.45) is -1.49. The third-order valence-corrected chi connectivity index (χ3v) is 2.72. The van der Waals surface area contributed by atoms with Crippen molar-refractivity contribution in [2.45, 2.75) is 32.5 Å². The standard InChI is InChI=1S/C14H19FO4/c1-5-19-13(17)12(16)10-8-9(14(2,3)15)6-7-11(10)18-4/h6-8,12,16H,5H2,1-4H3. The molecule has 106 valence electrons. The van der Waals surface area contributed by atoms with Gasteiger partial charge in [-0.15, -0.1) is 0 Å². The Balaban J connectivity index is 3.19. The largest absolute Gasteiger partial charge is 0.496 e. The average molecular weight is 270 g/mol. The van der Waals surface area contributed by atoms with Crippen LogP contribution in [-0.2, 0) is 15.2 Å². The van der Waals surface area contributed by atoms with Crippen molar-refractivity contribution in [1.82, 2.24) is 0 Å². The second kappa shape index (κ2) is 6.02. The van der Waals surface area contributed by atoms with E-state index < -0.39 is 17.7 Å². The van der Waals surface area contributed by atoms with E-state index in [4.69, 9.17) is 9.47 Å². The molecule has 0 spiro atoms. The first-order valence-corrected chi connectivity index (χ1v) is 6.03. The summed E-state index contributed by atoms with van der Waals surface area (Å²) in [5.74, 6) is -0.469. The molecule has 0 aromatic heterocycles. The molecule has 0 amide bonds. The zero-order valence-corrected chi connectivity index (χ0v) is 11.6. The van der Waals surface area contributed by atoms with E-state index in [-0.39, 0.29) is 12.2 Å². The first-order chi connectivity index (χ1) is 8.81. The van der Waals surface area contributed by atoms with Crippen LogP contribution >= 0.6 is 0 Å². The lowest BCUT2D eigenvalue weighted by Gasteiger charge is -2.19. The number of hydrogen-bond acceptors (Lipinski definition) is 4. The summed E-state index contributed by atoms with van der Waals surface area (Å²) in [5.41, 5.74) is -1.02. The minimum atomic E-state index is -1.57. The Bertz CT molecular complexity index is 451. The topological polar surface area (TPSA) is 55.8 Å². The fraction of sp³-hybridized carbons (Fsp3) is 0.500. The van der Waals surface area contributed by atoms with Gasteiger partial charge in [0, 0.05) is 5.56 Å². The maximum atomic E-state index is 13.9. The minimum Gasteiger partial charge on any atom is -0.496 e. The maximum absolute atomic E-state index is 13.9.